The smallest absolute Gasteiger partial charge is 0.112 e. The molecule has 0 aliphatic heterocycles. The van der Waals surface area contributed by atoms with Crippen molar-refractivity contribution in [2.24, 2.45) is 5.73 Å². The second-order valence-electron chi connectivity index (χ2n) is 4.80. The molecule has 24 heavy (non-hydrogen) atoms. The van der Waals surface area contributed by atoms with E-state index in [-0.39, 0.29) is 14.2 Å². The van der Waals surface area contributed by atoms with Crippen molar-refractivity contribution in [3.63, 3.8) is 0 Å². The summed E-state index contributed by atoms with van der Waals surface area (Å²) in [5.41, 5.74) is 9.08. The van der Waals surface area contributed by atoms with Crippen LogP contribution in [-0.2, 0) is 9.47 Å². The van der Waals surface area contributed by atoms with Gasteiger partial charge >= 0.3 is 0 Å². The van der Waals surface area contributed by atoms with E-state index in [1.165, 1.54) is 6.07 Å². The lowest BCUT2D eigenvalue weighted by molar-refractivity contribution is -0.369. The van der Waals surface area contributed by atoms with Crippen molar-refractivity contribution in [2.45, 2.75) is 25.7 Å². The van der Waals surface area contributed by atoms with Gasteiger partial charge in [0.2, 0.25) is 0 Å². The highest BCUT2D eigenvalue weighted by Gasteiger charge is 2.04. The van der Waals surface area contributed by atoms with Gasteiger partial charge in [-0.15, -0.1) is 11.3 Å². The van der Waals surface area contributed by atoms with E-state index >= 15 is 0 Å². The van der Waals surface area contributed by atoms with Crippen LogP contribution in [0.15, 0.2) is 6.07 Å². The van der Waals surface area contributed by atoms with Crippen LogP contribution in [0.4, 0.5) is 0 Å². The number of rotatable bonds is 12. The van der Waals surface area contributed by atoms with Gasteiger partial charge in [0.1, 0.15) is 4.34 Å². The summed E-state index contributed by atoms with van der Waals surface area (Å²) in [4.78, 5) is 10.2. The molecule has 0 unspecified atom stereocenters. The molecule has 0 saturated carbocycles. The van der Waals surface area contributed by atoms with E-state index < -0.39 is 5.97 Å². The number of unbranched alkanes of at least 4 members (excludes halogenated alkanes) is 1. The Bertz CT molecular complexity index is 416. The fourth-order valence-corrected chi connectivity index (χ4v) is 2.65. The largest absolute Gasteiger partial charge is 0.544 e. The first-order valence-corrected chi connectivity index (χ1v) is 9.41. The van der Waals surface area contributed by atoms with Crippen molar-refractivity contribution in [1.82, 2.24) is 0 Å². The molecule has 6 nitrogen and oxygen atoms in total. The number of nitrogens with two attached hydrogens (primary N) is 1. The molecule has 0 saturated heterocycles. The van der Waals surface area contributed by atoms with E-state index in [0.717, 1.165) is 70.0 Å². The number of hydrogen-bond acceptors (Lipinski definition) is 6. The normalized spacial score (nSPS) is 10.3. The monoisotopic (exact) mass is 400 g/mol. The molecule has 0 spiro atoms. The van der Waals surface area contributed by atoms with Crippen LogP contribution in [0.1, 0.15) is 35.4 Å². The van der Waals surface area contributed by atoms with Gasteiger partial charge in [0.05, 0.1) is 29.0 Å². The lowest BCUT2D eigenvalue weighted by Crippen LogP contribution is -2.50. The van der Waals surface area contributed by atoms with Gasteiger partial charge in [-0.2, -0.15) is 0 Å². The minimum atomic E-state index is -1.25. The Balaban J connectivity index is 0.000000463. The molecule has 1 rings (SSSR count). The van der Waals surface area contributed by atoms with Crippen LogP contribution in [0, 0.1) is 0 Å². The third-order valence-corrected chi connectivity index (χ3v) is 4.55. The molecule has 0 amide bonds. The minimum Gasteiger partial charge on any atom is -0.544 e. The van der Waals surface area contributed by atoms with E-state index in [1.54, 1.807) is 0 Å². The van der Waals surface area contributed by atoms with Crippen LogP contribution in [0.5, 0.6) is 0 Å². The molecule has 0 fully saturated rings. The van der Waals surface area contributed by atoms with E-state index in [2.05, 4.69) is 5.73 Å². The number of carboxylic acid groups (broad SMARTS) is 1. The van der Waals surface area contributed by atoms with Crippen LogP contribution in [-0.4, -0.2) is 45.5 Å². The topological polar surface area (TPSA) is 112 Å². The molecule has 1 aromatic heterocycles. The predicted molar refractivity (Wildman–Crippen MR) is 95.6 cm³/mol. The summed E-state index contributed by atoms with van der Waals surface area (Å²) in [7, 11) is 0. The first kappa shape index (κ1) is 23.6. The van der Waals surface area contributed by atoms with E-state index in [9.17, 15) is 9.90 Å². The number of quaternary nitrogens is 1. The van der Waals surface area contributed by atoms with Crippen LogP contribution < -0.4 is 16.6 Å². The fraction of sp³-hybridized carbons (Fsp3) is 0.667. The van der Waals surface area contributed by atoms with Crippen LogP contribution in [0.3, 0.4) is 0 Å². The summed E-state index contributed by atoms with van der Waals surface area (Å²) in [5, 5.41) is 10.4. The number of aromatic carboxylic acids is 1. The highest BCUT2D eigenvalue weighted by atomic mass is 35.5. The number of ether oxygens (including phenoxy) is 2. The van der Waals surface area contributed by atoms with Gasteiger partial charge in [0.15, 0.2) is 0 Å². The number of halogens is 2. The average Bonchev–Trinajstić information content (AvgIpc) is 2.90. The Morgan fingerprint density at radius 1 is 1.12 bits per heavy atom. The highest BCUT2D eigenvalue weighted by molar-refractivity contribution is 7.18. The molecular weight excluding hydrogens is 375 g/mol. The van der Waals surface area contributed by atoms with Gasteiger partial charge in [0.25, 0.3) is 0 Å². The maximum atomic E-state index is 10.1. The average molecular weight is 401 g/mol. The summed E-state index contributed by atoms with van der Waals surface area (Å²) >= 11 is 11.8. The lowest BCUT2D eigenvalue weighted by atomic mass is 10.3. The van der Waals surface area contributed by atoms with Gasteiger partial charge in [-0.1, -0.05) is 23.2 Å². The molecule has 0 atom stereocenters. The minimum absolute atomic E-state index is 0.0509. The number of hydrogen-bond donors (Lipinski definition) is 2. The number of carbonyl (C=O) groups excluding carboxylic acids is 1. The Morgan fingerprint density at radius 3 is 2.04 bits per heavy atom. The van der Waals surface area contributed by atoms with Crippen LogP contribution >= 0.6 is 34.5 Å². The molecule has 1 heterocycles. The Morgan fingerprint density at radius 2 is 1.67 bits per heavy atom. The van der Waals surface area contributed by atoms with E-state index in [1.807, 2.05) is 0 Å². The predicted octanol–water partition coefficient (Wildman–Crippen LogP) is 1.20. The van der Waals surface area contributed by atoms with Gasteiger partial charge in [-0.3, -0.25) is 0 Å². The lowest BCUT2D eigenvalue weighted by Gasteiger charge is -2.04. The van der Waals surface area contributed by atoms with Gasteiger partial charge in [0, 0.05) is 26.2 Å². The van der Waals surface area contributed by atoms with Crippen LogP contribution in [0.2, 0.25) is 9.36 Å². The SMILES string of the molecule is NCCCOCCCCOCCC[NH3+].O=C([O-])c1cc(Cl)c(Cl)s1. The van der Waals surface area contributed by atoms with Gasteiger partial charge in [-0.25, -0.2) is 0 Å². The van der Waals surface area contributed by atoms with Crippen molar-refractivity contribution >= 4 is 40.5 Å². The second kappa shape index (κ2) is 16.1. The van der Waals surface area contributed by atoms with Crippen molar-refractivity contribution < 1.29 is 25.1 Å². The quantitative estimate of drug-likeness (QED) is 0.511. The molecule has 0 aliphatic rings. The highest BCUT2D eigenvalue weighted by Crippen LogP contribution is 2.30. The van der Waals surface area contributed by atoms with E-state index in [4.69, 9.17) is 38.4 Å². The Kier molecular flexibility index (Phi) is 15.8. The zero-order valence-electron chi connectivity index (χ0n) is 13.7. The first-order chi connectivity index (χ1) is 11.5. The maximum absolute atomic E-state index is 10.1. The standard InChI is InChI=1S/C10H24N2O2.C5H2Cl2O2S/c11-5-3-9-13-7-1-2-8-14-10-4-6-12;6-2-1-3(5(8)9)10-4(2)7/h1-12H2;1H,(H,8,9). The van der Waals surface area contributed by atoms with Gasteiger partial charge < -0.3 is 30.8 Å². The molecule has 0 aromatic carbocycles. The molecular formula is C15H26Cl2N2O4S. The molecule has 5 N–H and O–H groups in total. The molecule has 0 radical (unpaired) electrons. The molecule has 1 aromatic rings. The number of carboxylic acids is 1. The van der Waals surface area contributed by atoms with Crippen molar-refractivity contribution in [2.75, 3.05) is 39.5 Å². The van der Waals surface area contributed by atoms with Crippen LogP contribution in [0.25, 0.3) is 0 Å². The Labute approximate surface area is 157 Å². The first-order valence-electron chi connectivity index (χ1n) is 7.83. The second-order valence-corrected chi connectivity index (χ2v) is 6.86. The summed E-state index contributed by atoms with van der Waals surface area (Å²) in [6, 6.07) is 1.27. The van der Waals surface area contributed by atoms with E-state index in [0.29, 0.717) is 6.54 Å². The summed E-state index contributed by atoms with van der Waals surface area (Å²) < 4.78 is 11.0. The number of carbonyl (C=O) groups is 1. The summed E-state index contributed by atoms with van der Waals surface area (Å²) in [6.45, 7) is 4.99. The summed E-state index contributed by atoms with van der Waals surface area (Å²) in [5.74, 6) is -1.25. The summed E-state index contributed by atoms with van der Waals surface area (Å²) in [6.07, 6.45) is 4.18. The zero-order chi connectivity index (χ0) is 18.2. The third kappa shape index (κ3) is 12.9. The molecule has 0 bridgehead atoms. The third-order valence-electron chi connectivity index (χ3n) is 2.71. The molecule has 140 valence electrons. The molecule has 9 heteroatoms. The van der Waals surface area contributed by atoms with Crippen molar-refractivity contribution in [3.05, 3.63) is 20.3 Å². The fourth-order valence-electron chi connectivity index (χ4n) is 1.45. The Hall–Kier alpha value is -0.410. The van der Waals surface area contributed by atoms with Crippen molar-refractivity contribution in [1.29, 1.82) is 0 Å². The maximum Gasteiger partial charge on any atom is 0.112 e. The zero-order valence-corrected chi connectivity index (χ0v) is 16.1. The molecule has 0 aliphatic carbocycles. The van der Waals surface area contributed by atoms with Gasteiger partial charge in [-0.05, 0) is 31.9 Å². The van der Waals surface area contributed by atoms with Crippen molar-refractivity contribution in [3.8, 4) is 0 Å². The number of thiophene rings is 1.